The number of methoxy groups -OCH3 is 1. The lowest BCUT2D eigenvalue weighted by atomic mass is 10.2. The summed E-state index contributed by atoms with van der Waals surface area (Å²) in [5, 5.41) is 9.04. The molecule has 0 radical (unpaired) electrons. The number of hydrogen-bond acceptors (Lipinski definition) is 4. The molecule has 1 heterocycles. The number of nitriles is 1. The van der Waals surface area contributed by atoms with E-state index in [1.807, 2.05) is 18.2 Å². The zero-order valence-electron chi connectivity index (χ0n) is 9.25. The Labute approximate surface area is 104 Å². The predicted octanol–water partition coefficient (Wildman–Crippen LogP) is 3.11. The van der Waals surface area contributed by atoms with E-state index in [9.17, 15) is 0 Å². The lowest BCUT2D eigenvalue weighted by Gasteiger charge is -2.06. The number of rotatable bonds is 3. The van der Waals surface area contributed by atoms with Gasteiger partial charge in [0.15, 0.2) is 0 Å². The maximum absolute atomic E-state index is 9.04. The highest BCUT2D eigenvalue weighted by Gasteiger charge is 2.05. The van der Waals surface area contributed by atoms with Crippen LogP contribution < -0.4 is 4.74 Å². The van der Waals surface area contributed by atoms with E-state index >= 15 is 0 Å². The van der Waals surface area contributed by atoms with Crippen molar-refractivity contribution < 1.29 is 4.74 Å². The van der Waals surface area contributed by atoms with Gasteiger partial charge in [-0.2, -0.15) is 5.26 Å². The molecule has 1 aromatic heterocycles. The van der Waals surface area contributed by atoms with Crippen LogP contribution in [0.5, 0.6) is 5.75 Å². The Morgan fingerprint density at radius 3 is 2.65 bits per heavy atom. The Hall–Kier alpha value is -1.99. The summed E-state index contributed by atoms with van der Waals surface area (Å²) in [4.78, 5) is 5.89. The van der Waals surface area contributed by atoms with E-state index in [0.29, 0.717) is 5.56 Å². The van der Waals surface area contributed by atoms with E-state index in [2.05, 4.69) is 11.1 Å². The molecule has 4 heteroatoms. The van der Waals surface area contributed by atoms with Crippen LogP contribution in [0.1, 0.15) is 5.56 Å². The van der Waals surface area contributed by atoms with E-state index in [0.717, 1.165) is 15.5 Å². The summed E-state index contributed by atoms with van der Waals surface area (Å²) in [6, 6.07) is 11.4. The fourth-order valence-electron chi connectivity index (χ4n) is 1.34. The van der Waals surface area contributed by atoms with Crippen LogP contribution in [-0.2, 0) is 0 Å². The van der Waals surface area contributed by atoms with E-state index in [4.69, 9.17) is 10.00 Å². The molecule has 0 aliphatic carbocycles. The second kappa shape index (κ2) is 5.37. The summed E-state index contributed by atoms with van der Waals surface area (Å²) in [6.45, 7) is 0. The summed E-state index contributed by atoms with van der Waals surface area (Å²) in [6.07, 6.45) is 3.46. The van der Waals surface area contributed by atoms with Crippen LogP contribution in [0.25, 0.3) is 0 Å². The van der Waals surface area contributed by atoms with Gasteiger partial charge in [0.05, 0.1) is 12.7 Å². The lowest BCUT2D eigenvalue weighted by Crippen LogP contribution is -1.86. The molecule has 2 aromatic rings. The third-order valence-electron chi connectivity index (χ3n) is 2.19. The molecule has 0 bridgehead atoms. The molecule has 84 valence electrons. The Morgan fingerprint density at radius 1 is 1.24 bits per heavy atom. The van der Waals surface area contributed by atoms with Crippen molar-refractivity contribution in [1.82, 2.24) is 4.98 Å². The molecular formula is C13H10N2OS. The number of benzene rings is 1. The quantitative estimate of drug-likeness (QED) is 0.829. The van der Waals surface area contributed by atoms with E-state index in [1.54, 1.807) is 31.6 Å². The number of ether oxygens (including phenoxy) is 1. The third kappa shape index (κ3) is 2.77. The summed E-state index contributed by atoms with van der Waals surface area (Å²) in [5.41, 5.74) is 0.646. The van der Waals surface area contributed by atoms with Gasteiger partial charge in [-0.3, -0.25) is 4.98 Å². The largest absolute Gasteiger partial charge is 0.497 e. The van der Waals surface area contributed by atoms with Gasteiger partial charge < -0.3 is 4.74 Å². The van der Waals surface area contributed by atoms with Crippen molar-refractivity contribution >= 4 is 11.8 Å². The highest BCUT2D eigenvalue weighted by Crippen LogP contribution is 2.32. The van der Waals surface area contributed by atoms with Crippen LogP contribution in [0.4, 0.5) is 0 Å². The molecular weight excluding hydrogens is 232 g/mol. The molecule has 2 rings (SSSR count). The van der Waals surface area contributed by atoms with Gasteiger partial charge in [-0.1, -0.05) is 11.8 Å². The molecule has 0 saturated carbocycles. The minimum absolute atomic E-state index is 0.646. The molecule has 3 nitrogen and oxygen atoms in total. The number of nitrogens with zero attached hydrogens (tertiary/aromatic N) is 2. The average molecular weight is 242 g/mol. The smallest absolute Gasteiger partial charge is 0.120 e. The Balaban J connectivity index is 2.34. The fraction of sp³-hybridized carbons (Fsp3) is 0.0769. The third-order valence-corrected chi connectivity index (χ3v) is 3.25. The van der Waals surface area contributed by atoms with Crippen LogP contribution in [-0.4, -0.2) is 12.1 Å². The molecule has 0 saturated heterocycles. The van der Waals surface area contributed by atoms with Gasteiger partial charge in [-0.15, -0.1) is 0 Å². The van der Waals surface area contributed by atoms with Gasteiger partial charge in [-0.05, 0) is 30.3 Å². The standard InChI is InChI=1S/C13H10N2OS/c1-16-11-3-2-10(9-14)13(8-11)17-12-4-6-15-7-5-12/h2-8H,1H3. The van der Waals surface area contributed by atoms with Crippen LogP contribution >= 0.6 is 11.8 Å². The van der Waals surface area contributed by atoms with Gasteiger partial charge in [0, 0.05) is 22.2 Å². The van der Waals surface area contributed by atoms with Gasteiger partial charge in [-0.25, -0.2) is 0 Å². The molecule has 1 aromatic carbocycles. The predicted molar refractivity (Wildman–Crippen MR) is 66.1 cm³/mol. The van der Waals surface area contributed by atoms with Gasteiger partial charge >= 0.3 is 0 Å². The lowest BCUT2D eigenvalue weighted by molar-refractivity contribution is 0.413. The minimum atomic E-state index is 0.646. The molecule has 0 spiro atoms. The normalized spacial score (nSPS) is 9.65. The summed E-state index contributed by atoms with van der Waals surface area (Å²) in [7, 11) is 1.61. The van der Waals surface area contributed by atoms with E-state index < -0.39 is 0 Å². The topological polar surface area (TPSA) is 45.9 Å². The highest BCUT2D eigenvalue weighted by molar-refractivity contribution is 7.99. The maximum atomic E-state index is 9.04. The van der Waals surface area contributed by atoms with Crippen molar-refractivity contribution in [2.24, 2.45) is 0 Å². The van der Waals surface area contributed by atoms with Gasteiger partial charge in [0.2, 0.25) is 0 Å². The SMILES string of the molecule is COc1ccc(C#N)c(Sc2ccncc2)c1. The minimum Gasteiger partial charge on any atom is -0.497 e. The van der Waals surface area contributed by atoms with Crippen molar-refractivity contribution in [3.05, 3.63) is 48.3 Å². The second-order valence-electron chi connectivity index (χ2n) is 3.26. The number of aromatic nitrogens is 1. The number of hydrogen-bond donors (Lipinski definition) is 0. The Morgan fingerprint density at radius 2 is 2.00 bits per heavy atom. The van der Waals surface area contributed by atoms with Crippen molar-refractivity contribution in [2.45, 2.75) is 9.79 Å². The Kier molecular flexibility index (Phi) is 3.63. The molecule has 0 amide bonds. The van der Waals surface area contributed by atoms with Crippen molar-refractivity contribution in [3.63, 3.8) is 0 Å². The first kappa shape index (κ1) is 11.5. The molecule has 0 aliphatic heterocycles. The van der Waals surface area contributed by atoms with Crippen molar-refractivity contribution in [2.75, 3.05) is 7.11 Å². The molecule has 0 unspecified atom stereocenters. The fourth-order valence-corrected chi connectivity index (χ4v) is 2.25. The molecule has 0 aliphatic rings. The molecule has 0 atom stereocenters. The molecule has 0 fully saturated rings. The maximum Gasteiger partial charge on any atom is 0.120 e. The van der Waals surface area contributed by atoms with Gasteiger partial charge in [0.25, 0.3) is 0 Å². The highest BCUT2D eigenvalue weighted by atomic mass is 32.2. The summed E-state index contributed by atoms with van der Waals surface area (Å²) < 4.78 is 5.16. The van der Waals surface area contributed by atoms with E-state index in [-0.39, 0.29) is 0 Å². The average Bonchev–Trinajstić information content (AvgIpc) is 2.40. The second-order valence-corrected chi connectivity index (χ2v) is 4.37. The monoisotopic (exact) mass is 242 g/mol. The van der Waals surface area contributed by atoms with Crippen molar-refractivity contribution in [1.29, 1.82) is 5.26 Å². The number of pyridine rings is 1. The Bertz CT molecular complexity index is 549. The molecule has 17 heavy (non-hydrogen) atoms. The summed E-state index contributed by atoms with van der Waals surface area (Å²) >= 11 is 1.53. The van der Waals surface area contributed by atoms with Crippen molar-refractivity contribution in [3.8, 4) is 11.8 Å². The first-order valence-electron chi connectivity index (χ1n) is 4.99. The van der Waals surface area contributed by atoms with Crippen LogP contribution in [0.2, 0.25) is 0 Å². The summed E-state index contributed by atoms with van der Waals surface area (Å²) in [5.74, 6) is 0.751. The van der Waals surface area contributed by atoms with Gasteiger partial charge in [0.1, 0.15) is 11.8 Å². The molecule has 0 N–H and O–H groups in total. The van der Waals surface area contributed by atoms with Crippen LogP contribution in [0, 0.1) is 11.3 Å². The van der Waals surface area contributed by atoms with E-state index in [1.165, 1.54) is 11.8 Å². The zero-order chi connectivity index (χ0) is 12.1. The first-order valence-corrected chi connectivity index (χ1v) is 5.81. The van der Waals surface area contributed by atoms with Crippen LogP contribution in [0.3, 0.4) is 0 Å². The first-order chi connectivity index (χ1) is 8.33. The zero-order valence-corrected chi connectivity index (χ0v) is 10.1. The van der Waals surface area contributed by atoms with Crippen LogP contribution in [0.15, 0.2) is 52.5 Å².